The van der Waals surface area contributed by atoms with Crippen molar-refractivity contribution in [1.82, 2.24) is 0 Å². The summed E-state index contributed by atoms with van der Waals surface area (Å²) in [7, 11) is 0. The standard InChI is InChI=1S/C11H17NOS/c1-3-10(13)7-14-11-5-4-9(12)6-8(11)2/h4-6,10,13H,3,7,12H2,1-2H3. The molecule has 0 aliphatic carbocycles. The third-order valence-electron chi connectivity index (χ3n) is 2.10. The van der Waals surface area contributed by atoms with Crippen LogP contribution in [0.2, 0.25) is 0 Å². The molecule has 2 nitrogen and oxygen atoms in total. The fourth-order valence-electron chi connectivity index (χ4n) is 1.14. The van der Waals surface area contributed by atoms with Crippen molar-refractivity contribution in [3.8, 4) is 0 Å². The predicted octanol–water partition coefficient (Wildman–Crippen LogP) is 2.44. The molecule has 1 unspecified atom stereocenters. The van der Waals surface area contributed by atoms with Gasteiger partial charge in [0.05, 0.1) is 6.10 Å². The Morgan fingerprint density at radius 3 is 2.79 bits per heavy atom. The van der Waals surface area contributed by atoms with Crippen molar-refractivity contribution in [3.63, 3.8) is 0 Å². The first-order valence-corrected chi connectivity index (χ1v) is 5.79. The van der Waals surface area contributed by atoms with Gasteiger partial charge >= 0.3 is 0 Å². The molecule has 0 bridgehead atoms. The maximum Gasteiger partial charge on any atom is 0.0631 e. The summed E-state index contributed by atoms with van der Waals surface area (Å²) in [6.45, 7) is 4.03. The molecule has 1 rings (SSSR count). The minimum Gasteiger partial charge on any atom is -0.399 e. The van der Waals surface area contributed by atoms with Crippen LogP contribution in [0.25, 0.3) is 0 Å². The Hall–Kier alpha value is -0.670. The van der Waals surface area contributed by atoms with Crippen molar-refractivity contribution in [3.05, 3.63) is 23.8 Å². The molecule has 3 N–H and O–H groups in total. The largest absolute Gasteiger partial charge is 0.399 e. The first-order valence-electron chi connectivity index (χ1n) is 4.80. The van der Waals surface area contributed by atoms with Crippen LogP contribution in [-0.4, -0.2) is 17.0 Å². The number of aliphatic hydroxyl groups is 1. The minimum atomic E-state index is -0.211. The molecule has 0 saturated carbocycles. The lowest BCUT2D eigenvalue weighted by Gasteiger charge is -2.09. The molecular formula is C11H17NOS. The number of hydrogen-bond acceptors (Lipinski definition) is 3. The number of nitrogens with two attached hydrogens (primary N) is 1. The number of nitrogen functional groups attached to an aromatic ring is 1. The number of anilines is 1. The molecule has 0 spiro atoms. The third kappa shape index (κ3) is 3.24. The van der Waals surface area contributed by atoms with Crippen molar-refractivity contribution in [2.75, 3.05) is 11.5 Å². The van der Waals surface area contributed by atoms with E-state index in [0.717, 1.165) is 17.9 Å². The van der Waals surface area contributed by atoms with E-state index in [-0.39, 0.29) is 6.10 Å². The van der Waals surface area contributed by atoms with E-state index >= 15 is 0 Å². The number of rotatable bonds is 4. The fourth-order valence-corrected chi connectivity index (χ4v) is 2.20. The number of benzene rings is 1. The Morgan fingerprint density at radius 2 is 2.21 bits per heavy atom. The molecule has 0 aromatic heterocycles. The first-order chi connectivity index (χ1) is 6.63. The quantitative estimate of drug-likeness (QED) is 0.594. The summed E-state index contributed by atoms with van der Waals surface area (Å²) in [5, 5.41) is 9.42. The van der Waals surface area contributed by atoms with Gasteiger partial charge in [-0.25, -0.2) is 0 Å². The highest BCUT2D eigenvalue weighted by Crippen LogP contribution is 2.24. The van der Waals surface area contributed by atoms with E-state index in [2.05, 4.69) is 0 Å². The van der Waals surface area contributed by atoms with E-state index in [0.29, 0.717) is 0 Å². The fraction of sp³-hybridized carbons (Fsp3) is 0.455. The van der Waals surface area contributed by atoms with Crippen LogP contribution in [0, 0.1) is 6.92 Å². The van der Waals surface area contributed by atoms with Crippen LogP contribution in [-0.2, 0) is 0 Å². The molecule has 3 heteroatoms. The highest BCUT2D eigenvalue weighted by atomic mass is 32.2. The Kier molecular flexibility index (Phi) is 4.29. The van der Waals surface area contributed by atoms with Crippen molar-refractivity contribution in [2.24, 2.45) is 0 Å². The Balaban J connectivity index is 2.59. The monoisotopic (exact) mass is 211 g/mol. The number of thioether (sulfide) groups is 1. The minimum absolute atomic E-state index is 0.211. The summed E-state index contributed by atoms with van der Waals surface area (Å²) in [4.78, 5) is 1.20. The lowest BCUT2D eigenvalue weighted by atomic mass is 10.2. The van der Waals surface area contributed by atoms with E-state index < -0.39 is 0 Å². The van der Waals surface area contributed by atoms with Gasteiger partial charge in [-0.2, -0.15) is 0 Å². The van der Waals surface area contributed by atoms with Crippen LogP contribution >= 0.6 is 11.8 Å². The molecule has 0 heterocycles. The van der Waals surface area contributed by atoms with E-state index in [1.807, 2.05) is 32.0 Å². The normalized spacial score (nSPS) is 12.8. The Morgan fingerprint density at radius 1 is 1.50 bits per heavy atom. The number of aliphatic hydroxyl groups excluding tert-OH is 1. The molecule has 0 fully saturated rings. The zero-order valence-corrected chi connectivity index (χ0v) is 9.47. The summed E-state index contributed by atoms with van der Waals surface area (Å²) in [6, 6.07) is 5.87. The zero-order valence-electron chi connectivity index (χ0n) is 8.66. The molecular weight excluding hydrogens is 194 g/mol. The SMILES string of the molecule is CCC(O)CSc1ccc(N)cc1C. The number of hydrogen-bond donors (Lipinski definition) is 2. The molecule has 14 heavy (non-hydrogen) atoms. The van der Waals surface area contributed by atoms with Crippen LogP contribution in [0.1, 0.15) is 18.9 Å². The average Bonchev–Trinajstić information content (AvgIpc) is 2.16. The van der Waals surface area contributed by atoms with Gasteiger partial charge in [0.25, 0.3) is 0 Å². The Bertz CT molecular complexity index is 301. The second-order valence-corrected chi connectivity index (χ2v) is 4.46. The predicted molar refractivity (Wildman–Crippen MR) is 62.6 cm³/mol. The molecule has 78 valence electrons. The van der Waals surface area contributed by atoms with Gasteiger partial charge in [-0.1, -0.05) is 6.92 Å². The first kappa shape index (κ1) is 11.4. The topological polar surface area (TPSA) is 46.2 Å². The van der Waals surface area contributed by atoms with Crippen LogP contribution in [0.4, 0.5) is 5.69 Å². The summed E-state index contributed by atoms with van der Waals surface area (Å²) in [5.74, 6) is 0.751. The molecule has 1 aromatic carbocycles. The second-order valence-electron chi connectivity index (χ2n) is 3.40. The van der Waals surface area contributed by atoms with Gasteiger partial charge < -0.3 is 10.8 Å². The van der Waals surface area contributed by atoms with Gasteiger partial charge in [0.1, 0.15) is 0 Å². The maximum absolute atomic E-state index is 9.42. The van der Waals surface area contributed by atoms with E-state index in [4.69, 9.17) is 5.73 Å². The Labute approximate surface area is 89.5 Å². The highest BCUT2D eigenvalue weighted by molar-refractivity contribution is 7.99. The molecule has 0 saturated heterocycles. The van der Waals surface area contributed by atoms with Gasteiger partial charge in [-0.3, -0.25) is 0 Å². The molecule has 0 aliphatic rings. The van der Waals surface area contributed by atoms with E-state index in [1.54, 1.807) is 11.8 Å². The maximum atomic E-state index is 9.42. The molecule has 1 atom stereocenters. The summed E-state index contributed by atoms with van der Waals surface area (Å²) >= 11 is 1.68. The van der Waals surface area contributed by atoms with E-state index in [9.17, 15) is 5.11 Å². The van der Waals surface area contributed by atoms with Crippen molar-refractivity contribution < 1.29 is 5.11 Å². The lowest BCUT2D eigenvalue weighted by Crippen LogP contribution is -2.07. The van der Waals surface area contributed by atoms with Gasteiger partial charge in [0, 0.05) is 16.3 Å². The average molecular weight is 211 g/mol. The van der Waals surface area contributed by atoms with Crippen LogP contribution in [0.5, 0.6) is 0 Å². The summed E-state index contributed by atoms with van der Waals surface area (Å²) in [5.41, 5.74) is 7.62. The zero-order chi connectivity index (χ0) is 10.6. The molecule has 0 radical (unpaired) electrons. The molecule has 0 aliphatic heterocycles. The van der Waals surface area contributed by atoms with Gasteiger partial charge in [0.2, 0.25) is 0 Å². The summed E-state index contributed by atoms with van der Waals surface area (Å²) < 4.78 is 0. The van der Waals surface area contributed by atoms with Crippen molar-refractivity contribution >= 4 is 17.4 Å². The number of aryl methyl sites for hydroxylation is 1. The van der Waals surface area contributed by atoms with Gasteiger partial charge in [-0.15, -0.1) is 11.8 Å². The van der Waals surface area contributed by atoms with Crippen molar-refractivity contribution in [1.29, 1.82) is 0 Å². The van der Waals surface area contributed by atoms with Crippen LogP contribution in [0.3, 0.4) is 0 Å². The smallest absolute Gasteiger partial charge is 0.0631 e. The molecule has 0 amide bonds. The van der Waals surface area contributed by atoms with E-state index in [1.165, 1.54) is 10.5 Å². The van der Waals surface area contributed by atoms with Crippen molar-refractivity contribution in [2.45, 2.75) is 31.3 Å². The highest BCUT2D eigenvalue weighted by Gasteiger charge is 2.04. The van der Waals surface area contributed by atoms with Gasteiger partial charge in [0.15, 0.2) is 0 Å². The molecule has 1 aromatic rings. The van der Waals surface area contributed by atoms with Crippen LogP contribution in [0.15, 0.2) is 23.1 Å². The van der Waals surface area contributed by atoms with Crippen LogP contribution < -0.4 is 5.73 Å². The third-order valence-corrected chi connectivity index (χ3v) is 3.42. The second kappa shape index (κ2) is 5.27. The summed E-state index contributed by atoms with van der Waals surface area (Å²) in [6.07, 6.45) is 0.595. The lowest BCUT2D eigenvalue weighted by molar-refractivity contribution is 0.195. The van der Waals surface area contributed by atoms with Gasteiger partial charge in [-0.05, 0) is 37.1 Å².